The first-order chi connectivity index (χ1) is 11.5. The number of nitro groups is 1. The summed E-state index contributed by atoms with van der Waals surface area (Å²) in [6.45, 7) is -0.218. The van der Waals surface area contributed by atoms with Gasteiger partial charge < -0.3 is 4.74 Å². The van der Waals surface area contributed by atoms with Gasteiger partial charge in [0.25, 0.3) is 11.6 Å². The van der Waals surface area contributed by atoms with E-state index in [0.29, 0.717) is 16.3 Å². The Kier molecular flexibility index (Phi) is 6.50. The largest absolute Gasteiger partial charge is 0.483 e. The zero-order valence-corrected chi connectivity index (χ0v) is 15.0. The molecule has 0 atom stereocenters. The second kappa shape index (κ2) is 8.60. The zero-order chi connectivity index (χ0) is 17.5. The van der Waals surface area contributed by atoms with Gasteiger partial charge in [0.15, 0.2) is 6.61 Å². The van der Waals surface area contributed by atoms with Crippen molar-refractivity contribution in [3.63, 3.8) is 0 Å². The van der Waals surface area contributed by atoms with Crippen molar-refractivity contribution in [1.82, 2.24) is 5.43 Å². The third kappa shape index (κ3) is 5.46. The van der Waals surface area contributed by atoms with Crippen LogP contribution in [0.15, 0.2) is 47.6 Å². The highest BCUT2D eigenvalue weighted by Gasteiger charge is 2.06. The molecule has 0 aliphatic carbocycles. The minimum absolute atomic E-state index is 0.0501. The van der Waals surface area contributed by atoms with E-state index in [9.17, 15) is 14.9 Å². The van der Waals surface area contributed by atoms with Crippen molar-refractivity contribution in [2.45, 2.75) is 0 Å². The molecule has 0 spiro atoms. The lowest BCUT2D eigenvalue weighted by Gasteiger charge is -2.07. The Balaban J connectivity index is 1.86. The molecule has 2 rings (SSSR count). The molecule has 2 aromatic rings. The number of nitro benzene ring substituents is 1. The first-order valence-electron chi connectivity index (χ1n) is 6.60. The summed E-state index contributed by atoms with van der Waals surface area (Å²) in [6, 6.07) is 10.9. The van der Waals surface area contributed by atoms with Gasteiger partial charge in [0.05, 0.1) is 14.7 Å². The maximum absolute atomic E-state index is 11.7. The molecule has 1 amide bonds. The van der Waals surface area contributed by atoms with Gasteiger partial charge >= 0.3 is 0 Å². The number of hydrogen-bond acceptors (Lipinski definition) is 5. The van der Waals surface area contributed by atoms with Gasteiger partial charge in [-0.05, 0) is 40.8 Å². The van der Waals surface area contributed by atoms with Gasteiger partial charge in [-0.15, -0.1) is 0 Å². The first-order valence-corrected chi connectivity index (χ1v) is 8.05. The summed E-state index contributed by atoms with van der Waals surface area (Å²) in [7, 11) is 0. The van der Waals surface area contributed by atoms with Gasteiger partial charge in [-0.25, -0.2) is 5.43 Å². The lowest BCUT2D eigenvalue weighted by atomic mass is 10.2. The van der Waals surface area contributed by atoms with Crippen LogP contribution in [0.3, 0.4) is 0 Å². The molecule has 0 aliphatic heterocycles. The fourth-order valence-electron chi connectivity index (χ4n) is 1.67. The zero-order valence-electron chi connectivity index (χ0n) is 12.1. The summed E-state index contributed by atoms with van der Waals surface area (Å²) >= 11 is 7.89. The van der Waals surface area contributed by atoms with Crippen LogP contribution in [0.4, 0.5) is 5.69 Å². The highest BCUT2D eigenvalue weighted by molar-refractivity contribution is 14.1. The number of non-ortho nitro benzene ring substituents is 1. The molecule has 1 N–H and O–H groups in total. The molecule has 7 nitrogen and oxygen atoms in total. The average molecular weight is 460 g/mol. The van der Waals surface area contributed by atoms with E-state index in [0.717, 1.165) is 3.57 Å². The molecule has 0 saturated heterocycles. The number of ether oxygens (including phenoxy) is 1. The van der Waals surface area contributed by atoms with Crippen molar-refractivity contribution in [3.05, 3.63) is 66.7 Å². The van der Waals surface area contributed by atoms with Gasteiger partial charge in [0.2, 0.25) is 0 Å². The smallest absolute Gasteiger partial charge is 0.277 e. The maximum Gasteiger partial charge on any atom is 0.277 e. The molecule has 0 saturated carbocycles. The number of nitrogens with zero attached hydrogens (tertiary/aromatic N) is 2. The molecule has 2 aromatic carbocycles. The van der Waals surface area contributed by atoms with Gasteiger partial charge in [-0.3, -0.25) is 14.9 Å². The summed E-state index contributed by atoms with van der Waals surface area (Å²) < 4.78 is 6.15. The fraction of sp³-hybridized carbons (Fsp3) is 0.0667. The van der Waals surface area contributed by atoms with Crippen molar-refractivity contribution >= 4 is 52.0 Å². The summed E-state index contributed by atoms with van der Waals surface area (Å²) in [5.74, 6) is 0.0836. The minimum Gasteiger partial charge on any atom is -0.483 e. The van der Waals surface area contributed by atoms with Crippen molar-refractivity contribution in [2.75, 3.05) is 6.61 Å². The highest BCUT2D eigenvalue weighted by atomic mass is 127. The van der Waals surface area contributed by atoms with E-state index in [1.807, 2.05) is 0 Å². The Morgan fingerprint density at radius 3 is 2.88 bits per heavy atom. The van der Waals surface area contributed by atoms with Crippen LogP contribution in [0.25, 0.3) is 0 Å². The topological polar surface area (TPSA) is 93.8 Å². The molecule has 0 aliphatic rings. The molecular formula is C15H11ClIN3O4. The van der Waals surface area contributed by atoms with Crippen LogP contribution >= 0.6 is 34.2 Å². The van der Waals surface area contributed by atoms with Crippen molar-refractivity contribution in [1.29, 1.82) is 0 Å². The van der Waals surface area contributed by atoms with Gasteiger partial charge in [0.1, 0.15) is 5.75 Å². The number of hydrogen-bond donors (Lipinski definition) is 1. The van der Waals surface area contributed by atoms with Crippen LogP contribution in [0.5, 0.6) is 5.75 Å². The van der Waals surface area contributed by atoms with Crippen LogP contribution in [0.1, 0.15) is 5.56 Å². The van der Waals surface area contributed by atoms with E-state index in [2.05, 4.69) is 33.1 Å². The number of nitrogens with one attached hydrogen (secondary N) is 1. The Morgan fingerprint density at radius 1 is 1.38 bits per heavy atom. The molecule has 0 unspecified atom stereocenters. The Hall–Kier alpha value is -2.20. The molecule has 0 aromatic heterocycles. The lowest BCUT2D eigenvalue weighted by Crippen LogP contribution is -2.24. The molecule has 24 heavy (non-hydrogen) atoms. The Labute approximate surface area is 155 Å². The van der Waals surface area contributed by atoms with Crippen molar-refractivity contribution in [3.8, 4) is 5.75 Å². The number of benzene rings is 2. The maximum atomic E-state index is 11.7. The predicted octanol–water partition coefficient (Wildman–Crippen LogP) is 3.38. The number of halogens is 2. The molecule has 0 fully saturated rings. The van der Waals surface area contributed by atoms with Gasteiger partial charge in [-0.1, -0.05) is 23.7 Å². The number of carbonyl (C=O) groups is 1. The third-order valence-corrected chi connectivity index (χ3v) is 3.81. The van der Waals surface area contributed by atoms with E-state index in [1.54, 1.807) is 24.3 Å². The molecule has 0 radical (unpaired) electrons. The Morgan fingerprint density at radius 2 is 2.17 bits per heavy atom. The number of hydrazone groups is 1. The lowest BCUT2D eigenvalue weighted by molar-refractivity contribution is -0.384. The minimum atomic E-state index is -0.502. The third-order valence-electron chi connectivity index (χ3n) is 2.74. The first kappa shape index (κ1) is 18.1. The van der Waals surface area contributed by atoms with Crippen molar-refractivity contribution in [2.24, 2.45) is 5.10 Å². The van der Waals surface area contributed by atoms with Crippen LogP contribution in [-0.2, 0) is 4.79 Å². The molecule has 0 bridgehead atoms. The van der Waals surface area contributed by atoms with Crippen LogP contribution in [0.2, 0.25) is 5.02 Å². The van der Waals surface area contributed by atoms with Gasteiger partial charge in [-0.2, -0.15) is 5.10 Å². The summed E-state index contributed by atoms with van der Waals surface area (Å²) in [4.78, 5) is 21.8. The molecule has 9 heteroatoms. The number of rotatable bonds is 6. The molecule has 124 valence electrons. The number of carbonyl (C=O) groups excluding carboxylic acids is 1. The van der Waals surface area contributed by atoms with Crippen LogP contribution < -0.4 is 10.2 Å². The van der Waals surface area contributed by atoms with E-state index < -0.39 is 10.8 Å². The fourth-order valence-corrected chi connectivity index (χ4v) is 2.69. The standard InChI is InChI=1S/C15H11ClIN3O4/c16-11-4-5-14(13(17)7-11)24-9-15(21)19-18-8-10-2-1-3-12(6-10)20(22)23/h1-8H,9H2,(H,19,21). The SMILES string of the molecule is O=C(COc1ccc(Cl)cc1I)NN=Cc1cccc([N+](=O)[O-])c1. The van der Waals surface area contributed by atoms with Crippen LogP contribution in [0, 0.1) is 13.7 Å². The summed E-state index contributed by atoms with van der Waals surface area (Å²) in [5, 5.41) is 15.0. The van der Waals surface area contributed by atoms with E-state index >= 15 is 0 Å². The second-order valence-corrected chi connectivity index (χ2v) is 6.11. The normalized spacial score (nSPS) is 10.6. The van der Waals surface area contributed by atoms with Crippen molar-refractivity contribution < 1.29 is 14.5 Å². The molecular weight excluding hydrogens is 449 g/mol. The predicted molar refractivity (Wildman–Crippen MR) is 98.5 cm³/mol. The highest BCUT2D eigenvalue weighted by Crippen LogP contribution is 2.24. The summed E-state index contributed by atoms with van der Waals surface area (Å²) in [6.07, 6.45) is 1.32. The molecule has 0 heterocycles. The second-order valence-electron chi connectivity index (χ2n) is 4.51. The Bertz CT molecular complexity index is 798. The summed E-state index contributed by atoms with van der Waals surface area (Å²) in [5.41, 5.74) is 2.74. The van der Waals surface area contributed by atoms with E-state index in [-0.39, 0.29) is 12.3 Å². The quantitative estimate of drug-likeness (QED) is 0.310. The van der Waals surface area contributed by atoms with Crippen LogP contribution in [-0.4, -0.2) is 23.7 Å². The number of amides is 1. The van der Waals surface area contributed by atoms with E-state index in [4.69, 9.17) is 16.3 Å². The average Bonchev–Trinajstić information content (AvgIpc) is 2.54. The monoisotopic (exact) mass is 459 g/mol. The van der Waals surface area contributed by atoms with Gasteiger partial charge in [0, 0.05) is 22.7 Å². The van der Waals surface area contributed by atoms with E-state index in [1.165, 1.54) is 24.4 Å².